The largest absolute Gasteiger partial charge is 0.481 e. The molecule has 0 heterocycles. The zero-order chi connectivity index (χ0) is 13.8. The maximum atomic E-state index is 11.0. The molecule has 0 fully saturated rings. The first-order valence-electron chi connectivity index (χ1n) is 5.11. The van der Waals surface area contributed by atoms with Crippen molar-refractivity contribution in [3.8, 4) is 0 Å². The quantitative estimate of drug-likeness (QED) is 0.565. The monoisotopic (exact) mass is 246 g/mol. The minimum Gasteiger partial charge on any atom is -0.481 e. The lowest BCUT2D eigenvalue weighted by molar-refractivity contribution is -0.145. The molecule has 0 aromatic carbocycles. The number of carboxylic acid groups (broad SMARTS) is 2. The van der Waals surface area contributed by atoms with Gasteiger partial charge in [-0.25, -0.2) is 9.59 Å². The van der Waals surface area contributed by atoms with Gasteiger partial charge in [0.25, 0.3) is 11.5 Å². The van der Waals surface area contributed by atoms with E-state index in [9.17, 15) is 9.59 Å². The van der Waals surface area contributed by atoms with Crippen molar-refractivity contribution in [2.45, 2.75) is 46.3 Å². The van der Waals surface area contributed by atoms with Crippen LogP contribution in [0.5, 0.6) is 0 Å². The van der Waals surface area contributed by atoms with Crippen molar-refractivity contribution in [1.82, 2.24) is 0 Å². The number of hydrogen-bond acceptors (Lipinski definition) is 4. The first kappa shape index (κ1) is 15.3. The average molecular weight is 246 g/mol. The SMILES string of the molecule is CC(C)O/C(C(=O)O)=C(\OC(C)(C)C)C(=O)O. The van der Waals surface area contributed by atoms with Gasteiger partial charge in [0.1, 0.15) is 5.60 Å². The molecule has 17 heavy (non-hydrogen) atoms. The van der Waals surface area contributed by atoms with Crippen molar-refractivity contribution < 1.29 is 29.3 Å². The second-order valence-corrected chi connectivity index (χ2v) is 4.65. The molecule has 0 aliphatic heterocycles. The molecule has 98 valence electrons. The van der Waals surface area contributed by atoms with E-state index < -0.39 is 35.2 Å². The summed E-state index contributed by atoms with van der Waals surface area (Å²) in [6, 6.07) is 0. The molecule has 0 amide bonds. The zero-order valence-corrected chi connectivity index (χ0v) is 10.6. The van der Waals surface area contributed by atoms with Crippen LogP contribution in [0, 0.1) is 0 Å². The summed E-state index contributed by atoms with van der Waals surface area (Å²) in [5.41, 5.74) is -0.825. The lowest BCUT2D eigenvalue weighted by Crippen LogP contribution is -2.26. The average Bonchev–Trinajstić information content (AvgIpc) is 2.08. The zero-order valence-electron chi connectivity index (χ0n) is 10.6. The molecular weight excluding hydrogens is 228 g/mol. The molecule has 0 saturated heterocycles. The Balaban J connectivity index is 5.43. The lowest BCUT2D eigenvalue weighted by Gasteiger charge is -2.23. The fourth-order valence-corrected chi connectivity index (χ4v) is 0.930. The van der Waals surface area contributed by atoms with E-state index in [-0.39, 0.29) is 0 Å². The molecule has 0 saturated carbocycles. The molecule has 0 aliphatic rings. The van der Waals surface area contributed by atoms with Gasteiger partial charge in [-0.2, -0.15) is 0 Å². The van der Waals surface area contributed by atoms with Crippen molar-refractivity contribution in [1.29, 1.82) is 0 Å². The van der Waals surface area contributed by atoms with Gasteiger partial charge in [0, 0.05) is 0 Å². The molecule has 0 unspecified atom stereocenters. The fourth-order valence-electron chi connectivity index (χ4n) is 0.930. The van der Waals surface area contributed by atoms with Gasteiger partial charge in [-0.1, -0.05) is 0 Å². The summed E-state index contributed by atoms with van der Waals surface area (Å²) in [6.45, 7) is 8.04. The van der Waals surface area contributed by atoms with E-state index in [2.05, 4.69) is 0 Å². The Morgan fingerprint density at radius 2 is 1.41 bits per heavy atom. The highest BCUT2D eigenvalue weighted by atomic mass is 16.6. The Hall–Kier alpha value is -1.72. The summed E-state index contributed by atoms with van der Waals surface area (Å²) in [4.78, 5) is 21.9. The first-order valence-corrected chi connectivity index (χ1v) is 5.11. The van der Waals surface area contributed by atoms with E-state index in [0.29, 0.717) is 0 Å². The van der Waals surface area contributed by atoms with Crippen molar-refractivity contribution in [3.63, 3.8) is 0 Å². The molecule has 0 rings (SSSR count). The smallest absolute Gasteiger partial charge is 0.375 e. The van der Waals surface area contributed by atoms with Gasteiger partial charge < -0.3 is 19.7 Å². The summed E-state index contributed by atoms with van der Waals surface area (Å²) < 4.78 is 10.1. The molecule has 0 spiro atoms. The van der Waals surface area contributed by atoms with E-state index in [0.717, 1.165) is 0 Å². The third-order valence-electron chi connectivity index (χ3n) is 1.36. The second-order valence-electron chi connectivity index (χ2n) is 4.65. The van der Waals surface area contributed by atoms with Crippen LogP contribution in [0.1, 0.15) is 34.6 Å². The van der Waals surface area contributed by atoms with Gasteiger partial charge in [0.05, 0.1) is 6.10 Å². The number of carbonyl (C=O) groups is 2. The minimum atomic E-state index is -1.47. The van der Waals surface area contributed by atoms with Crippen LogP contribution >= 0.6 is 0 Å². The van der Waals surface area contributed by atoms with E-state index in [4.69, 9.17) is 19.7 Å². The summed E-state index contributed by atoms with van der Waals surface area (Å²) in [6.07, 6.45) is -0.459. The van der Waals surface area contributed by atoms with Crippen LogP contribution in [0.15, 0.2) is 11.5 Å². The second kappa shape index (κ2) is 5.56. The number of carboxylic acids is 2. The molecule has 0 aromatic heterocycles. The Morgan fingerprint density at radius 3 is 1.65 bits per heavy atom. The molecule has 0 aliphatic carbocycles. The Labute approximate surface area is 99.8 Å². The summed E-state index contributed by atoms with van der Waals surface area (Å²) >= 11 is 0. The van der Waals surface area contributed by atoms with Crippen LogP contribution < -0.4 is 0 Å². The molecule has 6 heteroatoms. The molecule has 0 radical (unpaired) electrons. The highest BCUT2D eigenvalue weighted by Gasteiger charge is 2.28. The van der Waals surface area contributed by atoms with Gasteiger partial charge in [0.2, 0.25) is 0 Å². The fraction of sp³-hybridized carbons (Fsp3) is 0.636. The predicted octanol–water partition coefficient (Wildman–Crippen LogP) is 1.61. The molecule has 6 nitrogen and oxygen atoms in total. The van der Waals surface area contributed by atoms with E-state index in [1.54, 1.807) is 34.6 Å². The summed E-state index contributed by atoms with van der Waals surface area (Å²) in [5, 5.41) is 17.9. The van der Waals surface area contributed by atoms with Gasteiger partial charge in [0.15, 0.2) is 0 Å². The molecule has 0 atom stereocenters. The summed E-state index contributed by atoms with van der Waals surface area (Å²) in [5.74, 6) is -4.33. The Kier molecular flexibility index (Phi) is 5.00. The van der Waals surface area contributed by atoms with E-state index in [1.165, 1.54) is 0 Å². The van der Waals surface area contributed by atoms with Gasteiger partial charge in [-0.15, -0.1) is 0 Å². The molecular formula is C11H18O6. The minimum absolute atomic E-state index is 0.459. The topological polar surface area (TPSA) is 93.1 Å². The number of rotatable bonds is 5. The van der Waals surface area contributed by atoms with Crippen molar-refractivity contribution in [3.05, 3.63) is 11.5 Å². The van der Waals surface area contributed by atoms with Gasteiger partial charge in [-0.3, -0.25) is 0 Å². The van der Waals surface area contributed by atoms with E-state index in [1.807, 2.05) is 0 Å². The highest BCUT2D eigenvalue weighted by Crippen LogP contribution is 2.19. The van der Waals surface area contributed by atoms with Crippen molar-refractivity contribution >= 4 is 11.9 Å². The van der Waals surface area contributed by atoms with Crippen molar-refractivity contribution in [2.75, 3.05) is 0 Å². The normalized spacial score (nSPS) is 13.1. The Morgan fingerprint density at radius 1 is 1.00 bits per heavy atom. The van der Waals surface area contributed by atoms with Crippen LogP contribution in [0.2, 0.25) is 0 Å². The first-order chi connectivity index (χ1) is 7.54. The number of aliphatic carboxylic acids is 2. The van der Waals surface area contributed by atoms with Crippen LogP contribution in [0.25, 0.3) is 0 Å². The number of hydrogen-bond donors (Lipinski definition) is 2. The number of ether oxygens (including phenoxy) is 2. The van der Waals surface area contributed by atoms with Crippen LogP contribution in [0.3, 0.4) is 0 Å². The van der Waals surface area contributed by atoms with E-state index >= 15 is 0 Å². The maximum absolute atomic E-state index is 11.0. The van der Waals surface area contributed by atoms with Crippen LogP contribution in [-0.4, -0.2) is 33.9 Å². The lowest BCUT2D eigenvalue weighted by atomic mass is 10.2. The third kappa shape index (κ3) is 5.79. The Bertz CT molecular complexity index is 334. The standard InChI is InChI=1S/C11H18O6/c1-6(2)16-7(9(12)13)8(10(14)15)17-11(3,4)5/h6H,1-5H3,(H,12,13)(H,14,15)/b8-7-. The predicted molar refractivity (Wildman–Crippen MR) is 59.4 cm³/mol. The molecule has 2 N–H and O–H groups in total. The van der Waals surface area contributed by atoms with Crippen molar-refractivity contribution in [2.24, 2.45) is 0 Å². The van der Waals surface area contributed by atoms with Crippen LogP contribution in [-0.2, 0) is 19.1 Å². The van der Waals surface area contributed by atoms with Gasteiger partial charge in [-0.05, 0) is 34.6 Å². The molecule has 0 aromatic rings. The van der Waals surface area contributed by atoms with Crippen LogP contribution in [0.4, 0.5) is 0 Å². The highest BCUT2D eigenvalue weighted by molar-refractivity contribution is 5.95. The third-order valence-corrected chi connectivity index (χ3v) is 1.36. The summed E-state index contributed by atoms with van der Waals surface area (Å²) in [7, 11) is 0. The maximum Gasteiger partial charge on any atom is 0.375 e. The molecule has 0 bridgehead atoms. The van der Waals surface area contributed by atoms with Gasteiger partial charge >= 0.3 is 11.9 Å².